The van der Waals surface area contributed by atoms with E-state index in [-0.39, 0.29) is 5.41 Å². The first-order chi connectivity index (χ1) is 9.47. The predicted octanol–water partition coefficient (Wildman–Crippen LogP) is 4.79. The maximum Gasteiger partial charge on any atom is 0.134 e. The van der Waals surface area contributed by atoms with Crippen LogP contribution in [-0.2, 0) is 18.4 Å². The van der Waals surface area contributed by atoms with Crippen molar-refractivity contribution in [1.29, 1.82) is 0 Å². The predicted molar refractivity (Wildman–Crippen MR) is 86.3 cm³/mol. The van der Waals surface area contributed by atoms with Gasteiger partial charge in [-0.05, 0) is 36.1 Å². The van der Waals surface area contributed by atoms with Crippen molar-refractivity contribution in [2.45, 2.75) is 59.4 Å². The average molecular weight is 273 g/mol. The van der Waals surface area contributed by atoms with Crippen molar-refractivity contribution in [2.75, 3.05) is 6.54 Å². The molecule has 2 aromatic rings. The van der Waals surface area contributed by atoms with E-state index in [4.69, 9.17) is 4.42 Å². The molecule has 1 N–H and O–H groups in total. The van der Waals surface area contributed by atoms with Gasteiger partial charge in [0, 0.05) is 10.9 Å². The van der Waals surface area contributed by atoms with E-state index in [1.54, 1.807) is 0 Å². The van der Waals surface area contributed by atoms with Crippen LogP contribution < -0.4 is 5.32 Å². The molecule has 110 valence electrons. The molecule has 1 heterocycles. The molecule has 0 bridgehead atoms. The van der Waals surface area contributed by atoms with Crippen molar-refractivity contribution in [3.63, 3.8) is 0 Å². The zero-order valence-corrected chi connectivity index (χ0v) is 13.5. The molecule has 0 aliphatic carbocycles. The first-order valence-corrected chi connectivity index (χ1v) is 7.72. The summed E-state index contributed by atoms with van der Waals surface area (Å²) >= 11 is 0. The van der Waals surface area contributed by atoms with Crippen molar-refractivity contribution >= 4 is 11.0 Å². The molecule has 0 unspecified atom stereocenters. The molecule has 0 amide bonds. The Morgan fingerprint density at radius 2 is 1.90 bits per heavy atom. The van der Waals surface area contributed by atoms with Crippen LogP contribution in [0.4, 0.5) is 0 Å². The fourth-order valence-electron chi connectivity index (χ4n) is 2.82. The summed E-state index contributed by atoms with van der Waals surface area (Å²) in [6.45, 7) is 12.9. The van der Waals surface area contributed by atoms with Gasteiger partial charge in [0.15, 0.2) is 0 Å². The maximum atomic E-state index is 6.10. The normalized spacial score (nSPS) is 12.2. The first kappa shape index (κ1) is 15.1. The number of rotatable bonds is 5. The van der Waals surface area contributed by atoms with Crippen molar-refractivity contribution in [2.24, 2.45) is 0 Å². The molecule has 0 spiro atoms. The van der Waals surface area contributed by atoms with E-state index in [1.165, 1.54) is 22.9 Å². The zero-order chi connectivity index (χ0) is 14.8. The highest BCUT2D eigenvalue weighted by Gasteiger charge is 2.25. The van der Waals surface area contributed by atoms with E-state index in [0.29, 0.717) is 0 Å². The number of hydrogen-bond donors (Lipinski definition) is 1. The summed E-state index contributed by atoms with van der Waals surface area (Å²) in [5, 5.41) is 4.67. The van der Waals surface area contributed by atoms with Gasteiger partial charge in [0.2, 0.25) is 0 Å². The van der Waals surface area contributed by atoms with Crippen LogP contribution in [0.25, 0.3) is 11.0 Å². The number of fused-ring (bicyclic) bond motifs is 1. The van der Waals surface area contributed by atoms with Crippen LogP contribution >= 0.6 is 0 Å². The zero-order valence-electron chi connectivity index (χ0n) is 13.5. The minimum atomic E-state index is 0.0981. The second-order valence-electron chi connectivity index (χ2n) is 6.51. The third-order valence-corrected chi connectivity index (χ3v) is 3.65. The van der Waals surface area contributed by atoms with E-state index in [2.05, 4.69) is 58.1 Å². The molecule has 0 aliphatic heterocycles. The number of benzene rings is 1. The number of aryl methyl sites for hydroxylation is 1. The Labute approximate surface area is 122 Å². The first-order valence-electron chi connectivity index (χ1n) is 7.72. The number of hydrogen-bond acceptors (Lipinski definition) is 2. The van der Waals surface area contributed by atoms with Crippen LogP contribution in [0.2, 0.25) is 0 Å². The monoisotopic (exact) mass is 273 g/mol. The van der Waals surface area contributed by atoms with Gasteiger partial charge in [-0.3, -0.25) is 0 Å². The molecule has 2 heteroatoms. The van der Waals surface area contributed by atoms with Crippen molar-refractivity contribution in [1.82, 2.24) is 5.32 Å². The Balaban J connectivity index is 2.56. The highest BCUT2D eigenvalue weighted by atomic mass is 16.3. The summed E-state index contributed by atoms with van der Waals surface area (Å²) in [5.74, 6) is 1.09. The minimum Gasteiger partial charge on any atom is -0.459 e. The van der Waals surface area contributed by atoms with E-state index >= 15 is 0 Å². The van der Waals surface area contributed by atoms with Crippen LogP contribution in [0, 0.1) is 0 Å². The Morgan fingerprint density at radius 1 is 1.15 bits per heavy atom. The molecule has 0 saturated heterocycles. The molecule has 0 aliphatic rings. The van der Waals surface area contributed by atoms with E-state index < -0.39 is 0 Å². The smallest absolute Gasteiger partial charge is 0.134 e. The average Bonchev–Trinajstić information content (AvgIpc) is 2.74. The SMILES string of the molecule is CCCc1ccc2oc(CNCC)c(C(C)(C)C)c2c1. The lowest BCUT2D eigenvalue weighted by molar-refractivity contribution is 0.487. The lowest BCUT2D eigenvalue weighted by Gasteiger charge is -2.19. The molecular formula is C18H27NO. The number of nitrogens with one attached hydrogen (secondary N) is 1. The highest BCUT2D eigenvalue weighted by molar-refractivity contribution is 5.84. The van der Waals surface area contributed by atoms with Gasteiger partial charge in [0.05, 0.1) is 6.54 Å². The fraction of sp³-hybridized carbons (Fsp3) is 0.556. The Morgan fingerprint density at radius 3 is 2.50 bits per heavy atom. The molecule has 0 radical (unpaired) electrons. The summed E-state index contributed by atoms with van der Waals surface area (Å²) in [6, 6.07) is 6.64. The lowest BCUT2D eigenvalue weighted by atomic mass is 9.84. The van der Waals surface area contributed by atoms with E-state index in [0.717, 1.165) is 30.9 Å². The lowest BCUT2D eigenvalue weighted by Crippen LogP contribution is -2.18. The Kier molecular flexibility index (Phi) is 4.54. The Bertz CT molecular complexity index is 575. The summed E-state index contributed by atoms with van der Waals surface area (Å²) in [6.07, 6.45) is 2.31. The van der Waals surface area contributed by atoms with Crippen molar-refractivity contribution in [3.8, 4) is 0 Å². The van der Waals surface area contributed by atoms with Gasteiger partial charge in [0.25, 0.3) is 0 Å². The van der Waals surface area contributed by atoms with Crippen LogP contribution in [0.1, 0.15) is 57.9 Å². The van der Waals surface area contributed by atoms with Crippen molar-refractivity contribution < 1.29 is 4.42 Å². The topological polar surface area (TPSA) is 25.2 Å². The molecule has 0 fully saturated rings. The molecule has 0 atom stereocenters. The standard InChI is InChI=1S/C18H27NO/c1-6-8-13-9-10-15-14(11-13)17(18(3,4)5)16(20-15)12-19-7-2/h9-11,19H,6-8,12H2,1-5H3. The fourth-order valence-corrected chi connectivity index (χ4v) is 2.82. The van der Waals surface area contributed by atoms with Gasteiger partial charge in [-0.15, -0.1) is 0 Å². The van der Waals surface area contributed by atoms with Gasteiger partial charge >= 0.3 is 0 Å². The highest BCUT2D eigenvalue weighted by Crippen LogP contribution is 2.36. The summed E-state index contributed by atoms with van der Waals surface area (Å²) in [4.78, 5) is 0. The van der Waals surface area contributed by atoms with Gasteiger partial charge in [0.1, 0.15) is 11.3 Å². The second-order valence-corrected chi connectivity index (χ2v) is 6.51. The molecule has 2 nitrogen and oxygen atoms in total. The van der Waals surface area contributed by atoms with Gasteiger partial charge in [-0.2, -0.15) is 0 Å². The molecule has 20 heavy (non-hydrogen) atoms. The van der Waals surface area contributed by atoms with Crippen LogP contribution in [-0.4, -0.2) is 6.54 Å². The van der Waals surface area contributed by atoms with E-state index in [1.807, 2.05) is 0 Å². The molecule has 1 aromatic heterocycles. The summed E-state index contributed by atoms with van der Waals surface area (Å²) < 4.78 is 6.10. The third-order valence-electron chi connectivity index (χ3n) is 3.65. The van der Waals surface area contributed by atoms with Crippen LogP contribution in [0.5, 0.6) is 0 Å². The minimum absolute atomic E-state index is 0.0981. The summed E-state index contributed by atoms with van der Waals surface area (Å²) in [5.41, 5.74) is 3.87. The van der Waals surface area contributed by atoms with Gasteiger partial charge in [-0.1, -0.05) is 47.1 Å². The third kappa shape index (κ3) is 3.06. The summed E-state index contributed by atoms with van der Waals surface area (Å²) in [7, 11) is 0. The molecule has 0 saturated carbocycles. The van der Waals surface area contributed by atoms with Gasteiger partial charge < -0.3 is 9.73 Å². The second kappa shape index (κ2) is 6.01. The number of furan rings is 1. The van der Waals surface area contributed by atoms with Crippen molar-refractivity contribution in [3.05, 3.63) is 35.1 Å². The van der Waals surface area contributed by atoms with Crippen LogP contribution in [0.15, 0.2) is 22.6 Å². The van der Waals surface area contributed by atoms with Crippen LogP contribution in [0.3, 0.4) is 0 Å². The quantitative estimate of drug-likeness (QED) is 0.847. The molecule has 2 rings (SSSR count). The Hall–Kier alpha value is -1.28. The van der Waals surface area contributed by atoms with Gasteiger partial charge in [-0.25, -0.2) is 0 Å². The maximum absolute atomic E-state index is 6.10. The molecule has 1 aromatic carbocycles. The molecular weight excluding hydrogens is 246 g/mol. The largest absolute Gasteiger partial charge is 0.459 e. The van der Waals surface area contributed by atoms with E-state index in [9.17, 15) is 0 Å².